The highest BCUT2D eigenvalue weighted by molar-refractivity contribution is 6.09. The Morgan fingerprint density at radius 1 is 1.36 bits per heavy atom. The number of carbonyl (C=O) groups excluding carboxylic acids is 2. The maximum atomic E-state index is 12.1. The summed E-state index contributed by atoms with van der Waals surface area (Å²) in [5, 5.41) is 7.52. The van der Waals surface area contributed by atoms with Crippen molar-refractivity contribution in [1.29, 1.82) is 0 Å². The van der Waals surface area contributed by atoms with Gasteiger partial charge in [0.05, 0.1) is 11.7 Å². The van der Waals surface area contributed by atoms with Crippen molar-refractivity contribution in [2.75, 3.05) is 29.9 Å². The van der Waals surface area contributed by atoms with Crippen molar-refractivity contribution in [3.05, 3.63) is 18.2 Å². The first-order chi connectivity index (χ1) is 13.2. The van der Waals surface area contributed by atoms with Gasteiger partial charge >= 0.3 is 6.09 Å². The van der Waals surface area contributed by atoms with Crippen LogP contribution in [0.1, 0.15) is 27.7 Å². The quantitative estimate of drug-likeness (QED) is 0.803. The second-order valence-electron chi connectivity index (χ2n) is 8.25. The van der Waals surface area contributed by atoms with Crippen molar-refractivity contribution < 1.29 is 19.1 Å². The van der Waals surface area contributed by atoms with E-state index >= 15 is 0 Å². The number of benzene rings is 1. The van der Waals surface area contributed by atoms with Crippen molar-refractivity contribution in [2.45, 2.75) is 45.4 Å². The van der Waals surface area contributed by atoms with Gasteiger partial charge in [-0.2, -0.15) is 5.10 Å². The van der Waals surface area contributed by atoms with Crippen LogP contribution >= 0.6 is 0 Å². The zero-order valence-corrected chi connectivity index (χ0v) is 16.5. The minimum atomic E-state index is -0.495. The monoisotopic (exact) mass is 387 g/mol. The van der Waals surface area contributed by atoms with Crippen LogP contribution in [0.3, 0.4) is 0 Å². The second-order valence-corrected chi connectivity index (χ2v) is 8.25. The molecule has 9 heteroatoms. The summed E-state index contributed by atoms with van der Waals surface area (Å²) >= 11 is 0. The Labute approximate surface area is 163 Å². The van der Waals surface area contributed by atoms with E-state index in [-0.39, 0.29) is 24.1 Å². The zero-order chi connectivity index (χ0) is 20.1. The molecule has 1 aromatic rings. The number of likely N-dealkylation sites (tertiary alicyclic amines) is 1. The van der Waals surface area contributed by atoms with E-state index in [1.54, 1.807) is 4.90 Å². The molecule has 2 N–H and O–H groups in total. The number of rotatable bonds is 2. The van der Waals surface area contributed by atoms with Gasteiger partial charge in [0, 0.05) is 18.8 Å². The average molecular weight is 387 g/mol. The number of amidine groups is 1. The Morgan fingerprint density at radius 3 is 2.82 bits per heavy atom. The second kappa shape index (κ2) is 6.57. The van der Waals surface area contributed by atoms with E-state index < -0.39 is 5.60 Å². The maximum Gasteiger partial charge on any atom is 0.410 e. The number of anilines is 2. The molecule has 1 saturated heterocycles. The molecule has 0 aromatic heterocycles. The molecule has 1 atom stereocenters. The highest BCUT2D eigenvalue weighted by Gasteiger charge is 2.36. The molecule has 3 aliphatic rings. The number of hydrogen-bond acceptors (Lipinski definition) is 7. The molecule has 3 aliphatic heterocycles. The molecule has 150 valence electrons. The molecule has 0 spiro atoms. The summed E-state index contributed by atoms with van der Waals surface area (Å²) < 4.78 is 11.1. The van der Waals surface area contributed by atoms with Crippen LogP contribution in [0, 0.1) is 0 Å². The summed E-state index contributed by atoms with van der Waals surface area (Å²) in [5.74, 6) is 1.24. The number of amides is 2. The highest BCUT2D eigenvalue weighted by atomic mass is 16.6. The summed E-state index contributed by atoms with van der Waals surface area (Å²) in [6.07, 6.45) is -0.293. The topological polar surface area (TPSA) is 95.5 Å². The van der Waals surface area contributed by atoms with Gasteiger partial charge in [0.15, 0.2) is 5.84 Å². The largest absolute Gasteiger partial charge is 0.483 e. The molecule has 28 heavy (non-hydrogen) atoms. The predicted molar refractivity (Wildman–Crippen MR) is 105 cm³/mol. The van der Waals surface area contributed by atoms with E-state index in [9.17, 15) is 9.59 Å². The summed E-state index contributed by atoms with van der Waals surface area (Å²) in [7, 11) is 0. The van der Waals surface area contributed by atoms with Gasteiger partial charge in [-0.1, -0.05) is 0 Å². The van der Waals surface area contributed by atoms with Crippen molar-refractivity contribution in [3.8, 4) is 5.75 Å². The maximum absolute atomic E-state index is 12.1. The van der Waals surface area contributed by atoms with Crippen molar-refractivity contribution in [3.63, 3.8) is 0 Å². The van der Waals surface area contributed by atoms with Crippen LogP contribution in [0.4, 0.5) is 16.2 Å². The predicted octanol–water partition coefficient (Wildman–Crippen LogP) is 1.75. The molecular formula is C19H25N5O4. The summed E-state index contributed by atoms with van der Waals surface area (Å²) in [6.45, 7) is 8.89. The summed E-state index contributed by atoms with van der Waals surface area (Å²) in [4.78, 5) is 27.6. The number of ether oxygens (including phenoxy) is 2. The molecule has 0 radical (unpaired) electrons. The number of carbonyl (C=O) groups is 2. The normalized spacial score (nSPS) is 21.5. The van der Waals surface area contributed by atoms with Crippen LogP contribution in [-0.4, -0.2) is 60.1 Å². The molecule has 0 saturated carbocycles. The minimum absolute atomic E-state index is 0.144. The third kappa shape index (κ3) is 3.44. The van der Waals surface area contributed by atoms with Crippen LogP contribution in [0.2, 0.25) is 0 Å². The van der Waals surface area contributed by atoms with Crippen LogP contribution in [0.15, 0.2) is 23.3 Å². The Balaban J connectivity index is 1.43. The molecule has 1 aromatic carbocycles. The zero-order valence-electron chi connectivity index (χ0n) is 16.5. The van der Waals surface area contributed by atoms with Crippen molar-refractivity contribution in [2.24, 2.45) is 5.10 Å². The van der Waals surface area contributed by atoms with Gasteiger partial charge in [0.2, 0.25) is 0 Å². The average Bonchev–Trinajstić information content (AvgIpc) is 2.58. The third-order valence-corrected chi connectivity index (χ3v) is 4.82. The lowest BCUT2D eigenvalue weighted by atomic mass is 10.1. The third-order valence-electron chi connectivity index (χ3n) is 4.82. The van der Waals surface area contributed by atoms with Crippen LogP contribution in [-0.2, 0) is 9.53 Å². The van der Waals surface area contributed by atoms with Gasteiger partial charge in [-0.25, -0.2) is 10.2 Å². The van der Waals surface area contributed by atoms with E-state index in [4.69, 9.17) is 9.47 Å². The van der Waals surface area contributed by atoms with E-state index in [0.717, 1.165) is 17.1 Å². The lowest BCUT2D eigenvalue weighted by Crippen LogP contribution is -2.58. The van der Waals surface area contributed by atoms with Crippen LogP contribution < -0.4 is 20.4 Å². The Morgan fingerprint density at radius 2 is 2.11 bits per heavy atom. The highest BCUT2D eigenvalue weighted by Crippen LogP contribution is 2.37. The van der Waals surface area contributed by atoms with E-state index in [1.165, 1.54) is 0 Å². The van der Waals surface area contributed by atoms with Crippen molar-refractivity contribution in [1.82, 2.24) is 10.3 Å². The summed E-state index contributed by atoms with van der Waals surface area (Å²) in [5.41, 5.74) is 3.73. The summed E-state index contributed by atoms with van der Waals surface area (Å²) in [6, 6.07) is 5.56. The molecule has 3 heterocycles. The van der Waals surface area contributed by atoms with Gasteiger partial charge in [0.1, 0.15) is 24.0 Å². The molecule has 2 amide bonds. The van der Waals surface area contributed by atoms with Crippen LogP contribution in [0.25, 0.3) is 0 Å². The molecule has 9 nitrogen and oxygen atoms in total. The fourth-order valence-corrected chi connectivity index (χ4v) is 3.40. The molecule has 4 rings (SSSR count). The van der Waals surface area contributed by atoms with Crippen LogP contribution in [0.5, 0.6) is 5.75 Å². The fraction of sp³-hybridized carbons (Fsp3) is 0.526. The van der Waals surface area contributed by atoms with Gasteiger partial charge in [0.25, 0.3) is 5.91 Å². The Bertz CT molecular complexity index is 841. The number of nitrogens with zero attached hydrogens (tertiary/aromatic N) is 3. The van der Waals surface area contributed by atoms with Gasteiger partial charge in [-0.05, 0) is 45.9 Å². The lowest BCUT2D eigenvalue weighted by Gasteiger charge is -2.41. The Hall–Kier alpha value is -2.97. The van der Waals surface area contributed by atoms with Gasteiger partial charge in [-0.15, -0.1) is 0 Å². The number of hydrazone groups is 1. The number of fused-ring (bicyclic) bond motifs is 3. The first-order valence-corrected chi connectivity index (χ1v) is 9.38. The van der Waals surface area contributed by atoms with E-state index in [2.05, 4.69) is 15.8 Å². The van der Waals surface area contributed by atoms with E-state index in [0.29, 0.717) is 25.5 Å². The molecular weight excluding hydrogens is 362 g/mol. The molecule has 0 bridgehead atoms. The van der Waals surface area contributed by atoms with E-state index in [1.807, 2.05) is 50.8 Å². The SMILES string of the molecule is CC1C(=O)NN=C2COc3ccc(NC4CN(C(=O)OC(C)(C)C)C4)cc3N21. The first kappa shape index (κ1) is 18.4. The number of nitrogens with one attached hydrogen (secondary N) is 2. The van der Waals surface area contributed by atoms with Crippen molar-refractivity contribution >= 4 is 29.2 Å². The standard InChI is InChI=1S/C19H25N5O4/c1-11-17(25)22-21-16-10-27-15-6-5-12(7-14(15)24(11)16)20-13-8-23(9-13)18(26)28-19(2,3)4/h5-7,11,13,20H,8-10H2,1-4H3,(H,22,25). The minimum Gasteiger partial charge on any atom is -0.483 e. The van der Waals surface area contributed by atoms with Gasteiger partial charge < -0.3 is 24.6 Å². The first-order valence-electron chi connectivity index (χ1n) is 9.38. The number of hydrogen-bond donors (Lipinski definition) is 2. The van der Waals surface area contributed by atoms with Gasteiger partial charge in [-0.3, -0.25) is 4.79 Å². The fourth-order valence-electron chi connectivity index (χ4n) is 3.40. The lowest BCUT2D eigenvalue weighted by molar-refractivity contribution is -0.122. The Kier molecular flexibility index (Phi) is 4.32. The molecule has 1 unspecified atom stereocenters. The smallest absolute Gasteiger partial charge is 0.410 e. The molecule has 1 fully saturated rings. The molecule has 0 aliphatic carbocycles.